The maximum atomic E-state index is 10.0. The fourth-order valence-electron chi connectivity index (χ4n) is 1.84. The van der Waals surface area contributed by atoms with E-state index < -0.39 is 6.10 Å². The number of nitrogens with zero attached hydrogens (tertiary/aromatic N) is 1. The summed E-state index contributed by atoms with van der Waals surface area (Å²) in [6, 6.07) is 9.74. The lowest BCUT2D eigenvalue weighted by molar-refractivity contribution is 0.125. The average molecular weight is 237 g/mol. The summed E-state index contributed by atoms with van der Waals surface area (Å²) >= 11 is 0. The highest BCUT2D eigenvalue weighted by atomic mass is 16.3. The Bertz CT molecular complexity index is 290. The van der Waals surface area contributed by atoms with Gasteiger partial charge in [0.25, 0.3) is 0 Å². The van der Waals surface area contributed by atoms with Crippen LogP contribution in [0.5, 0.6) is 0 Å². The van der Waals surface area contributed by atoms with Crippen molar-refractivity contribution < 1.29 is 10.2 Å². The Labute approximate surface area is 104 Å². The van der Waals surface area contributed by atoms with Crippen LogP contribution < -0.4 is 0 Å². The lowest BCUT2D eigenvalue weighted by Gasteiger charge is -2.20. The van der Waals surface area contributed by atoms with Crippen molar-refractivity contribution in [3.8, 4) is 0 Å². The summed E-state index contributed by atoms with van der Waals surface area (Å²) in [6.07, 6.45) is 2.56. The first-order chi connectivity index (χ1) is 8.24. The van der Waals surface area contributed by atoms with E-state index in [-0.39, 0.29) is 6.61 Å². The van der Waals surface area contributed by atoms with Crippen molar-refractivity contribution in [3.63, 3.8) is 0 Å². The van der Waals surface area contributed by atoms with Gasteiger partial charge < -0.3 is 15.1 Å². The van der Waals surface area contributed by atoms with Crippen molar-refractivity contribution in [2.75, 3.05) is 26.7 Å². The maximum Gasteiger partial charge on any atom is 0.0916 e. The summed E-state index contributed by atoms with van der Waals surface area (Å²) in [5, 5.41) is 18.7. The fourth-order valence-corrected chi connectivity index (χ4v) is 1.84. The summed E-state index contributed by atoms with van der Waals surface area (Å²) in [6.45, 7) is 1.89. The molecular formula is C14H23NO2. The first-order valence-corrected chi connectivity index (χ1v) is 6.26. The van der Waals surface area contributed by atoms with Crippen LogP contribution in [0.4, 0.5) is 0 Å². The topological polar surface area (TPSA) is 43.7 Å². The summed E-state index contributed by atoms with van der Waals surface area (Å²) in [5.74, 6) is 0. The molecule has 3 heteroatoms. The molecule has 0 spiro atoms. The normalized spacial score (nSPS) is 12.9. The number of hydrogen-bond acceptors (Lipinski definition) is 3. The maximum absolute atomic E-state index is 10.0. The summed E-state index contributed by atoms with van der Waals surface area (Å²) in [4.78, 5) is 2.13. The molecule has 1 atom stereocenters. The van der Waals surface area contributed by atoms with Crippen LogP contribution in [-0.2, 0) is 0 Å². The van der Waals surface area contributed by atoms with Crippen LogP contribution in [0.1, 0.15) is 30.9 Å². The molecule has 17 heavy (non-hydrogen) atoms. The monoisotopic (exact) mass is 237 g/mol. The molecule has 0 radical (unpaired) electrons. The van der Waals surface area contributed by atoms with Crippen molar-refractivity contribution in [1.82, 2.24) is 4.90 Å². The standard InChI is InChI=1S/C14H23NO2/c1-15(10-6-3-7-11-16)12-14(17)13-8-4-2-5-9-13/h2,4-5,8-9,14,16-17H,3,6-7,10-12H2,1H3. The van der Waals surface area contributed by atoms with Gasteiger partial charge in [0.05, 0.1) is 6.10 Å². The Morgan fingerprint density at radius 2 is 1.82 bits per heavy atom. The van der Waals surface area contributed by atoms with Gasteiger partial charge in [-0.25, -0.2) is 0 Å². The first kappa shape index (κ1) is 14.2. The van der Waals surface area contributed by atoms with Gasteiger partial charge in [-0.2, -0.15) is 0 Å². The van der Waals surface area contributed by atoms with Crippen molar-refractivity contribution in [1.29, 1.82) is 0 Å². The third-order valence-corrected chi connectivity index (χ3v) is 2.87. The van der Waals surface area contributed by atoms with Crippen LogP contribution >= 0.6 is 0 Å². The minimum atomic E-state index is -0.418. The highest BCUT2D eigenvalue weighted by Crippen LogP contribution is 2.13. The van der Waals surface area contributed by atoms with Crippen LogP contribution in [0.3, 0.4) is 0 Å². The molecule has 0 aromatic heterocycles. The first-order valence-electron chi connectivity index (χ1n) is 6.26. The van der Waals surface area contributed by atoms with Gasteiger partial charge in [-0.15, -0.1) is 0 Å². The van der Waals surface area contributed by atoms with E-state index in [2.05, 4.69) is 4.90 Å². The summed E-state index contributed by atoms with van der Waals surface area (Å²) in [5.41, 5.74) is 0.967. The lowest BCUT2D eigenvalue weighted by atomic mass is 10.1. The molecule has 1 unspecified atom stereocenters. The van der Waals surface area contributed by atoms with Gasteiger partial charge in [0, 0.05) is 13.2 Å². The summed E-state index contributed by atoms with van der Waals surface area (Å²) in [7, 11) is 2.02. The Balaban J connectivity index is 2.24. The SMILES string of the molecule is CN(CCCCCO)CC(O)c1ccccc1. The van der Waals surface area contributed by atoms with Crippen molar-refractivity contribution in [2.24, 2.45) is 0 Å². The third kappa shape index (κ3) is 5.82. The van der Waals surface area contributed by atoms with E-state index in [1.807, 2.05) is 37.4 Å². The largest absolute Gasteiger partial charge is 0.396 e. The number of aliphatic hydroxyl groups is 2. The molecule has 0 saturated heterocycles. The molecule has 3 nitrogen and oxygen atoms in total. The summed E-state index contributed by atoms with van der Waals surface area (Å²) < 4.78 is 0. The molecule has 96 valence electrons. The Morgan fingerprint density at radius 1 is 1.12 bits per heavy atom. The van der Waals surface area contributed by atoms with E-state index in [9.17, 15) is 5.11 Å². The molecule has 0 heterocycles. The van der Waals surface area contributed by atoms with E-state index >= 15 is 0 Å². The smallest absolute Gasteiger partial charge is 0.0916 e. The molecule has 1 aromatic rings. The quantitative estimate of drug-likeness (QED) is 0.678. The zero-order chi connectivity index (χ0) is 12.5. The highest BCUT2D eigenvalue weighted by molar-refractivity contribution is 5.17. The molecule has 0 bridgehead atoms. The van der Waals surface area contributed by atoms with Gasteiger partial charge in [0.15, 0.2) is 0 Å². The van der Waals surface area contributed by atoms with Crippen LogP contribution in [0.2, 0.25) is 0 Å². The molecule has 0 amide bonds. The van der Waals surface area contributed by atoms with E-state index in [1.54, 1.807) is 0 Å². The average Bonchev–Trinajstić information content (AvgIpc) is 2.36. The van der Waals surface area contributed by atoms with Gasteiger partial charge in [-0.1, -0.05) is 30.3 Å². The number of benzene rings is 1. The lowest BCUT2D eigenvalue weighted by Crippen LogP contribution is -2.25. The van der Waals surface area contributed by atoms with Crippen LogP contribution in [0, 0.1) is 0 Å². The van der Waals surface area contributed by atoms with E-state index in [4.69, 9.17) is 5.11 Å². The van der Waals surface area contributed by atoms with Gasteiger partial charge in [-0.05, 0) is 38.4 Å². The number of aliphatic hydroxyl groups excluding tert-OH is 2. The minimum absolute atomic E-state index is 0.274. The molecule has 0 fully saturated rings. The second-order valence-electron chi connectivity index (χ2n) is 4.47. The van der Waals surface area contributed by atoms with Gasteiger partial charge in [0.1, 0.15) is 0 Å². The Kier molecular flexibility index (Phi) is 6.86. The number of hydrogen-bond donors (Lipinski definition) is 2. The second kappa shape index (κ2) is 8.23. The molecule has 1 rings (SSSR count). The van der Waals surface area contributed by atoms with Crippen molar-refractivity contribution >= 4 is 0 Å². The third-order valence-electron chi connectivity index (χ3n) is 2.87. The molecule has 2 N–H and O–H groups in total. The zero-order valence-electron chi connectivity index (χ0n) is 10.5. The molecule has 0 saturated carbocycles. The van der Waals surface area contributed by atoms with Gasteiger partial charge >= 0.3 is 0 Å². The van der Waals surface area contributed by atoms with Crippen LogP contribution in [0.15, 0.2) is 30.3 Å². The Morgan fingerprint density at radius 3 is 2.47 bits per heavy atom. The minimum Gasteiger partial charge on any atom is -0.396 e. The second-order valence-corrected chi connectivity index (χ2v) is 4.47. The van der Waals surface area contributed by atoms with Crippen molar-refractivity contribution in [2.45, 2.75) is 25.4 Å². The Hall–Kier alpha value is -0.900. The molecule has 0 aliphatic heterocycles. The molecule has 0 aliphatic carbocycles. The fraction of sp³-hybridized carbons (Fsp3) is 0.571. The molecule has 0 aliphatic rings. The predicted molar refractivity (Wildman–Crippen MR) is 69.8 cm³/mol. The van der Waals surface area contributed by atoms with E-state index in [1.165, 1.54) is 0 Å². The zero-order valence-corrected chi connectivity index (χ0v) is 10.5. The van der Waals surface area contributed by atoms with E-state index in [0.29, 0.717) is 6.54 Å². The number of likely N-dealkylation sites (N-methyl/N-ethyl adjacent to an activating group) is 1. The highest BCUT2D eigenvalue weighted by Gasteiger charge is 2.09. The van der Waals surface area contributed by atoms with Crippen molar-refractivity contribution in [3.05, 3.63) is 35.9 Å². The number of unbranched alkanes of at least 4 members (excludes halogenated alkanes) is 2. The van der Waals surface area contributed by atoms with E-state index in [0.717, 1.165) is 31.4 Å². The predicted octanol–water partition coefficient (Wildman–Crippen LogP) is 1.81. The van der Waals surface area contributed by atoms with Gasteiger partial charge in [0.2, 0.25) is 0 Å². The number of rotatable bonds is 8. The van der Waals surface area contributed by atoms with Gasteiger partial charge in [-0.3, -0.25) is 0 Å². The molecule has 1 aromatic carbocycles. The van der Waals surface area contributed by atoms with Crippen LogP contribution in [-0.4, -0.2) is 41.9 Å². The van der Waals surface area contributed by atoms with Crippen LogP contribution in [0.25, 0.3) is 0 Å². The molecular weight excluding hydrogens is 214 g/mol.